The molecule has 0 saturated heterocycles. The van der Waals surface area contributed by atoms with Gasteiger partial charge in [-0.15, -0.1) is 11.3 Å². The van der Waals surface area contributed by atoms with Gasteiger partial charge in [-0.1, -0.05) is 0 Å². The fourth-order valence-corrected chi connectivity index (χ4v) is 3.22. The first-order valence-electron chi connectivity index (χ1n) is 4.74. The Bertz CT molecular complexity index is 689. The molecule has 2 rings (SSSR count). The molecule has 90 valence electrons. The van der Waals surface area contributed by atoms with Crippen LogP contribution < -0.4 is 5.32 Å². The predicted molar refractivity (Wildman–Crippen MR) is 66.1 cm³/mol. The number of fused-ring (bicyclic) bond motifs is 1. The Morgan fingerprint density at radius 1 is 1.41 bits per heavy atom. The van der Waals surface area contributed by atoms with Crippen molar-refractivity contribution in [1.29, 1.82) is 0 Å². The summed E-state index contributed by atoms with van der Waals surface area (Å²) >= 11 is 1.07. The van der Waals surface area contributed by atoms with Crippen molar-refractivity contribution in [2.75, 3.05) is 13.3 Å². The van der Waals surface area contributed by atoms with E-state index in [1.807, 2.05) is 0 Å². The zero-order chi connectivity index (χ0) is 12.6. The van der Waals surface area contributed by atoms with Crippen LogP contribution in [0.25, 0.3) is 10.2 Å². The lowest BCUT2D eigenvalue weighted by Crippen LogP contribution is -2.17. The van der Waals surface area contributed by atoms with E-state index in [4.69, 9.17) is 0 Å². The predicted octanol–water partition coefficient (Wildman–Crippen LogP) is 1.06. The van der Waals surface area contributed by atoms with Crippen molar-refractivity contribution in [2.45, 2.75) is 4.34 Å². The molecule has 0 aliphatic rings. The van der Waals surface area contributed by atoms with Crippen LogP contribution in [0.4, 0.5) is 0 Å². The summed E-state index contributed by atoms with van der Waals surface area (Å²) in [4.78, 5) is 15.4. The number of amides is 1. The highest BCUT2D eigenvalue weighted by molar-refractivity contribution is 7.92. The topological polar surface area (TPSA) is 76.1 Å². The molecule has 1 amide bonds. The molecule has 2 aromatic rings. The lowest BCUT2D eigenvalue weighted by molar-refractivity contribution is 0.0963. The van der Waals surface area contributed by atoms with Gasteiger partial charge in [-0.3, -0.25) is 4.79 Å². The molecule has 0 saturated carbocycles. The summed E-state index contributed by atoms with van der Waals surface area (Å²) < 4.78 is 23.4. The zero-order valence-corrected chi connectivity index (χ0v) is 10.9. The Morgan fingerprint density at radius 2 is 2.12 bits per heavy atom. The molecule has 0 unspecified atom stereocenters. The number of rotatable bonds is 2. The minimum Gasteiger partial charge on any atom is -0.355 e. The highest BCUT2D eigenvalue weighted by Gasteiger charge is 2.14. The number of benzene rings is 1. The summed E-state index contributed by atoms with van der Waals surface area (Å²) in [5.41, 5.74) is 1.08. The van der Waals surface area contributed by atoms with E-state index in [2.05, 4.69) is 10.3 Å². The molecule has 0 atom stereocenters. The van der Waals surface area contributed by atoms with Gasteiger partial charge in [-0.05, 0) is 18.2 Å². The number of carbonyl (C=O) groups is 1. The Hall–Kier alpha value is -1.47. The molecule has 0 bridgehead atoms. The maximum Gasteiger partial charge on any atom is 0.251 e. The Kier molecular flexibility index (Phi) is 2.88. The maximum absolute atomic E-state index is 11.4. The Balaban J connectivity index is 2.60. The van der Waals surface area contributed by atoms with Crippen molar-refractivity contribution < 1.29 is 13.2 Å². The van der Waals surface area contributed by atoms with E-state index in [-0.39, 0.29) is 10.2 Å². The molecule has 1 aromatic heterocycles. The van der Waals surface area contributed by atoms with Crippen LogP contribution in [0.3, 0.4) is 0 Å². The molecular weight excluding hydrogens is 260 g/mol. The number of hydrogen-bond acceptors (Lipinski definition) is 5. The third-order valence-electron chi connectivity index (χ3n) is 2.18. The van der Waals surface area contributed by atoms with Gasteiger partial charge in [0.05, 0.1) is 10.2 Å². The lowest BCUT2D eigenvalue weighted by Gasteiger charge is -1.97. The van der Waals surface area contributed by atoms with Crippen LogP contribution in [0.1, 0.15) is 10.4 Å². The molecule has 1 heterocycles. The van der Waals surface area contributed by atoms with Gasteiger partial charge in [0, 0.05) is 18.9 Å². The van der Waals surface area contributed by atoms with Crippen LogP contribution in [0.15, 0.2) is 22.5 Å². The van der Waals surface area contributed by atoms with E-state index in [9.17, 15) is 13.2 Å². The number of nitrogens with one attached hydrogen (secondary N) is 1. The second-order valence-corrected chi connectivity index (χ2v) is 6.73. The third-order valence-corrected chi connectivity index (χ3v) is 4.87. The number of hydrogen-bond donors (Lipinski definition) is 1. The van der Waals surface area contributed by atoms with E-state index in [0.717, 1.165) is 17.6 Å². The molecule has 0 radical (unpaired) electrons. The average molecular weight is 270 g/mol. The molecular formula is C10H10N2O3S2. The molecule has 1 N–H and O–H groups in total. The van der Waals surface area contributed by atoms with Crippen molar-refractivity contribution in [3.05, 3.63) is 23.8 Å². The molecule has 17 heavy (non-hydrogen) atoms. The van der Waals surface area contributed by atoms with Gasteiger partial charge in [0.1, 0.15) is 0 Å². The second kappa shape index (κ2) is 4.08. The normalized spacial score (nSPS) is 11.6. The summed E-state index contributed by atoms with van der Waals surface area (Å²) in [5, 5.41) is 2.51. The first kappa shape index (κ1) is 12.0. The van der Waals surface area contributed by atoms with Gasteiger partial charge >= 0.3 is 0 Å². The van der Waals surface area contributed by atoms with E-state index in [1.54, 1.807) is 25.2 Å². The summed E-state index contributed by atoms with van der Waals surface area (Å²) in [6, 6.07) is 4.90. The van der Waals surface area contributed by atoms with Gasteiger partial charge in [0.2, 0.25) is 14.2 Å². The van der Waals surface area contributed by atoms with Gasteiger partial charge in [-0.25, -0.2) is 13.4 Å². The molecule has 0 aliphatic carbocycles. The quantitative estimate of drug-likeness (QED) is 0.885. The number of carbonyl (C=O) groups excluding carboxylic acids is 1. The highest BCUT2D eigenvalue weighted by Crippen LogP contribution is 2.26. The molecule has 0 aliphatic heterocycles. The van der Waals surface area contributed by atoms with Crippen LogP contribution in [-0.4, -0.2) is 32.6 Å². The Morgan fingerprint density at radius 3 is 2.71 bits per heavy atom. The van der Waals surface area contributed by atoms with Crippen LogP contribution in [-0.2, 0) is 9.84 Å². The van der Waals surface area contributed by atoms with E-state index >= 15 is 0 Å². The minimum atomic E-state index is -3.30. The number of thiazole rings is 1. The zero-order valence-electron chi connectivity index (χ0n) is 9.22. The molecule has 7 heteroatoms. The van der Waals surface area contributed by atoms with Crippen LogP contribution in [0, 0.1) is 0 Å². The minimum absolute atomic E-state index is 0.0709. The number of aromatic nitrogens is 1. The summed E-state index contributed by atoms with van der Waals surface area (Å²) in [7, 11) is -1.75. The third kappa shape index (κ3) is 2.29. The molecule has 5 nitrogen and oxygen atoms in total. The molecule has 0 spiro atoms. The number of sulfone groups is 1. The van der Waals surface area contributed by atoms with E-state index in [0.29, 0.717) is 15.8 Å². The fourth-order valence-electron chi connectivity index (χ4n) is 1.35. The van der Waals surface area contributed by atoms with Crippen molar-refractivity contribution in [3.63, 3.8) is 0 Å². The SMILES string of the molecule is CNC(=O)c1ccc2nc(S(C)(=O)=O)sc2c1. The van der Waals surface area contributed by atoms with Crippen LogP contribution >= 0.6 is 11.3 Å². The van der Waals surface area contributed by atoms with Crippen molar-refractivity contribution >= 4 is 37.3 Å². The van der Waals surface area contributed by atoms with E-state index < -0.39 is 9.84 Å². The van der Waals surface area contributed by atoms with Crippen molar-refractivity contribution in [2.24, 2.45) is 0 Å². The average Bonchev–Trinajstić information content (AvgIpc) is 2.70. The molecule has 1 aromatic carbocycles. The standard InChI is InChI=1S/C10H10N2O3S2/c1-11-9(13)6-3-4-7-8(5-6)16-10(12-7)17(2,14)15/h3-5H,1-2H3,(H,11,13). The summed E-state index contributed by atoms with van der Waals surface area (Å²) in [6.07, 6.45) is 1.12. The Labute approximate surface area is 102 Å². The first-order valence-corrected chi connectivity index (χ1v) is 7.45. The van der Waals surface area contributed by atoms with Crippen LogP contribution in [0.2, 0.25) is 0 Å². The fraction of sp³-hybridized carbons (Fsp3) is 0.200. The highest BCUT2D eigenvalue weighted by atomic mass is 32.2. The molecule has 0 fully saturated rings. The van der Waals surface area contributed by atoms with Gasteiger partial charge in [-0.2, -0.15) is 0 Å². The van der Waals surface area contributed by atoms with Crippen molar-refractivity contribution in [3.8, 4) is 0 Å². The summed E-state index contributed by atoms with van der Waals surface area (Å²) in [5.74, 6) is -0.207. The summed E-state index contributed by atoms with van der Waals surface area (Å²) in [6.45, 7) is 0. The largest absolute Gasteiger partial charge is 0.355 e. The lowest BCUT2D eigenvalue weighted by atomic mass is 10.2. The van der Waals surface area contributed by atoms with Gasteiger partial charge < -0.3 is 5.32 Å². The second-order valence-electron chi connectivity index (χ2n) is 3.51. The first-order chi connectivity index (χ1) is 7.91. The van der Waals surface area contributed by atoms with Crippen molar-refractivity contribution in [1.82, 2.24) is 10.3 Å². The van der Waals surface area contributed by atoms with Gasteiger partial charge in [0.15, 0.2) is 0 Å². The smallest absolute Gasteiger partial charge is 0.251 e. The van der Waals surface area contributed by atoms with E-state index in [1.165, 1.54) is 0 Å². The monoisotopic (exact) mass is 270 g/mol. The number of nitrogens with zero attached hydrogens (tertiary/aromatic N) is 1. The maximum atomic E-state index is 11.4. The van der Waals surface area contributed by atoms with Gasteiger partial charge in [0.25, 0.3) is 5.91 Å². The van der Waals surface area contributed by atoms with Crippen LogP contribution in [0.5, 0.6) is 0 Å².